The first-order chi connectivity index (χ1) is 9.41. The van der Waals surface area contributed by atoms with Crippen LogP contribution in [0.4, 0.5) is 5.69 Å². The van der Waals surface area contributed by atoms with Crippen molar-refractivity contribution >= 4 is 11.5 Å². The van der Waals surface area contributed by atoms with Gasteiger partial charge in [0.15, 0.2) is 0 Å². The summed E-state index contributed by atoms with van der Waals surface area (Å²) in [7, 11) is 0. The van der Waals surface area contributed by atoms with Crippen LogP contribution in [-0.4, -0.2) is 18.9 Å². The highest BCUT2D eigenvalue weighted by Crippen LogP contribution is 2.28. The first-order valence-corrected chi connectivity index (χ1v) is 7.80. The number of benzene rings is 1. The predicted molar refractivity (Wildman–Crippen MR) is 85.4 cm³/mol. The molecule has 2 nitrogen and oxygen atoms in total. The normalized spacial score (nSPS) is 20.0. The third-order valence-electron chi connectivity index (χ3n) is 4.32. The number of piperidine rings is 1. The minimum Gasteiger partial charge on any atom is -0.371 e. The van der Waals surface area contributed by atoms with Gasteiger partial charge in [0, 0.05) is 31.1 Å². The molecule has 20 heavy (non-hydrogen) atoms. The van der Waals surface area contributed by atoms with Crippen molar-refractivity contribution in [3.05, 3.63) is 29.8 Å². The maximum absolute atomic E-state index is 11.9. The number of hydrogen-bond acceptors (Lipinski definition) is 2. The Morgan fingerprint density at radius 3 is 2.45 bits per heavy atom. The second kappa shape index (κ2) is 5.99. The fraction of sp³-hybridized carbons (Fsp3) is 0.611. The second-order valence-corrected chi connectivity index (χ2v) is 6.90. The van der Waals surface area contributed by atoms with Crippen LogP contribution >= 0.6 is 0 Å². The first-order valence-electron chi connectivity index (χ1n) is 7.80. The molecule has 1 aromatic rings. The highest BCUT2D eigenvalue weighted by atomic mass is 16.1. The zero-order valence-corrected chi connectivity index (χ0v) is 13.3. The molecule has 1 unspecified atom stereocenters. The Morgan fingerprint density at radius 1 is 1.25 bits per heavy atom. The molecule has 0 N–H and O–H groups in total. The third kappa shape index (κ3) is 3.41. The lowest BCUT2D eigenvalue weighted by atomic mass is 9.87. The van der Waals surface area contributed by atoms with Crippen molar-refractivity contribution in [2.75, 3.05) is 18.0 Å². The van der Waals surface area contributed by atoms with E-state index in [1.54, 1.807) is 0 Å². The molecule has 0 saturated carbocycles. The summed E-state index contributed by atoms with van der Waals surface area (Å²) < 4.78 is 0. The van der Waals surface area contributed by atoms with E-state index in [0.717, 1.165) is 25.9 Å². The lowest BCUT2D eigenvalue weighted by Gasteiger charge is -2.34. The molecule has 0 aromatic heterocycles. The molecule has 1 aliphatic rings. The third-order valence-corrected chi connectivity index (χ3v) is 4.32. The van der Waals surface area contributed by atoms with Crippen molar-refractivity contribution in [1.29, 1.82) is 0 Å². The lowest BCUT2D eigenvalue weighted by Crippen LogP contribution is -2.38. The van der Waals surface area contributed by atoms with Gasteiger partial charge in [0.05, 0.1) is 0 Å². The molecule has 1 saturated heterocycles. The van der Waals surface area contributed by atoms with E-state index in [4.69, 9.17) is 0 Å². The number of anilines is 1. The van der Waals surface area contributed by atoms with Gasteiger partial charge in [-0.1, -0.05) is 39.8 Å². The average Bonchev–Trinajstić information content (AvgIpc) is 2.46. The van der Waals surface area contributed by atoms with Crippen molar-refractivity contribution in [2.24, 2.45) is 5.92 Å². The largest absolute Gasteiger partial charge is 0.371 e. The molecular formula is C18H27NO. The molecule has 0 spiro atoms. The van der Waals surface area contributed by atoms with E-state index in [1.807, 2.05) is 6.92 Å². The molecule has 0 radical (unpaired) electrons. The van der Waals surface area contributed by atoms with Crippen molar-refractivity contribution < 1.29 is 4.79 Å². The molecule has 1 atom stereocenters. The van der Waals surface area contributed by atoms with Gasteiger partial charge in [0.2, 0.25) is 0 Å². The van der Waals surface area contributed by atoms with Gasteiger partial charge in [0.1, 0.15) is 5.78 Å². The van der Waals surface area contributed by atoms with Crippen LogP contribution in [0.15, 0.2) is 24.3 Å². The van der Waals surface area contributed by atoms with E-state index >= 15 is 0 Å². The summed E-state index contributed by atoms with van der Waals surface area (Å²) in [6.45, 7) is 10.6. The molecule has 2 heteroatoms. The fourth-order valence-electron chi connectivity index (χ4n) is 2.94. The van der Waals surface area contributed by atoms with Crippen LogP contribution in [0, 0.1) is 5.92 Å². The second-order valence-electron chi connectivity index (χ2n) is 6.90. The van der Waals surface area contributed by atoms with Crippen LogP contribution in [0.3, 0.4) is 0 Å². The molecular weight excluding hydrogens is 246 g/mol. The zero-order valence-electron chi connectivity index (χ0n) is 13.3. The molecule has 1 aliphatic heterocycles. The van der Waals surface area contributed by atoms with E-state index in [0.29, 0.717) is 12.2 Å². The summed E-state index contributed by atoms with van der Waals surface area (Å²) >= 11 is 0. The minimum absolute atomic E-state index is 0.196. The predicted octanol–water partition coefficient (Wildman–Crippen LogP) is 4.18. The Bertz CT molecular complexity index is 455. The molecule has 1 aromatic carbocycles. The Hall–Kier alpha value is -1.31. The summed E-state index contributed by atoms with van der Waals surface area (Å²) in [6.07, 6.45) is 2.85. The number of carbonyl (C=O) groups excluding carboxylic acids is 1. The number of hydrogen-bond donors (Lipinski definition) is 0. The van der Waals surface area contributed by atoms with Crippen molar-refractivity contribution in [3.63, 3.8) is 0 Å². The quantitative estimate of drug-likeness (QED) is 0.823. The summed E-state index contributed by atoms with van der Waals surface area (Å²) in [5.74, 6) is 0.650. The van der Waals surface area contributed by atoms with Crippen LogP contribution in [0.1, 0.15) is 52.5 Å². The SMILES string of the molecule is CCC(=O)C1CCCN(c2ccc(C(C)(C)C)cc2)C1. The van der Waals surface area contributed by atoms with E-state index in [2.05, 4.69) is 49.9 Å². The van der Waals surface area contributed by atoms with E-state index in [1.165, 1.54) is 11.3 Å². The monoisotopic (exact) mass is 273 g/mol. The van der Waals surface area contributed by atoms with Crippen molar-refractivity contribution in [1.82, 2.24) is 0 Å². The molecule has 0 amide bonds. The van der Waals surface area contributed by atoms with Gasteiger partial charge in [-0.25, -0.2) is 0 Å². The lowest BCUT2D eigenvalue weighted by molar-refractivity contribution is -0.122. The van der Waals surface area contributed by atoms with Gasteiger partial charge in [0.25, 0.3) is 0 Å². The average molecular weight is 273 g/mol. The van der Waals surface area contributed by atoms with Crippen LogP contribution in [0.5, 0.6) is 0 Å². The maximum Gasteiger partial charge on any atom is 0.137 e. The van der Waals surface area contributed by atoms with Crippen molar-refractivity contribution in [2.45, 2.75) is 52.4 Å². The summed E-state index contributed by atoms with van der Waals surface area (Å²) in [5, 5.41) is 0. The van der Waals surface area contributed by atoms with Gasteiger partial charge >= 0.3 is 0 Å². The molecule has 0 bridgehead atoms. The smallest absolute Gasteiger partial charge is 0.137 e. The number of nitrogens with zero attached hydrogens (tertiary/aromatic N) is 1. The van der Waals surface area contributed by atoms with Crippen molar-refractivity contribution in [3.8, 4) is 0 Å². The number of Topliss-reactive ketones (excluding diaryl/α,β-unsaturated/α-hetero) is 1. The number of ketones is 1. The van der Waals surface area contributed by atoms with E-state index < -0.39 is 0 Å². The zero-order chi connectivity index (χ0) is 14.8. The molecule has 2 rings (SSSR count). The molecule has 0 aliphatic carbocycles. The molecule has 1 fully saturated rings. The highest BCUT2D eigenvalue weighted by molar-refractivity contribution is 5.81. The van der Waals surface area contributed by atoms with Gasteiger partial charge in [-0.2, -0.15) is 0 Å². The van der Waals surface area contributed by atoms with Crippen LogP contribution in [-0.2, 0) is 10.2 Å². The molecule has 110 valence electrons. The van der Waals surface area contributed by atoms with E-state index in [9.17, 15) is 4.79 Å². The van der Waals surface area contributed by atoms with Crippen LogP contribution in [0.25, 0.3) is 0 Å². The number of rotatable bonds is 3. The highest BCUT2D eigenvalue weighted by Gasteiger charge is 2.24. The summed E-state index contributed by atoms with van der Waals surface area (Å²) in [4.78, 5) is 14.3. The Balaban J connectivity index is 2.09. The maximum atomic E-state index is 11.9. The standard InChI is InChI=1S/C18H27NO/c1-5-17(20)14-7-6-12-19(13-14)16-10-8-15(9-11-16)18(2,3)4/h8-11,14H,5-7,12-13H2,1-4H3. The summed E-state index contributed by atoms with van der Waals surface area (Å²) in [6, 6.07) is 8.86. The van der Waals surface area contributed by atoms with Crippen LogP contribution < -0.4 is 4.90 Å². The van der Waals surface area contributed by atoms with Gasteiger partial charge < -0.3 is 4.90 Å². The Labute approximate surface area is 123 Å². The Morgan fingerprint density at radius 2 is 1.90 bits per heavy atom. The topological polar surface area (TPSA) is 20.3 Å². The number of carbonyl (C=O) groups is 1. The Kier molecular flexibility index (Phi) is 4.52. The fourth-order valence-corrected chi connectivity index (χ4v) is 2.94. The van der Waals surface area contributed by atoms with Gasteiger partial charge in [-0.15, -0.1) is 0 Å². The summed E-state index contributed by atoms with van der Waals surface area (Å²) in [5.41, 5.74) is 2.81. The molecule has 1 heterocycles. The van der Waals surface area contributed by atoms with Gasteiger partial charge in [-0.05, 0) is 36.0 Å². The van der Waals surface area contributed by atoms with Crippen LogP contribution in [0.2, 0.25) is 0 Å². The van der Waals surface area contributed by atoms with Gasteiger partial charge in [-0.3, -0.25) is 4.79 Å². The first kappa shape index (κ1) is 15.1. The minimum atomic E-state index is 0.196. The van der Waals surface area contributed by atoms with E-state index in [-0.39, 0.29) is 11.3 Å².